The Bertz CT molecular complexity index is 729. The molecule has 5 heteroatoms. The summed E-state index contributed by atoms with van der Waals surface area (Å²) in [7, 11) is 0. The molecule has 1 aromatic heterocycles. The molecule has 0 atom stereocenters. The second-order valence-electron chi connectivity index (χ2n) is 6.23. The van der Waals surface area contributed by atoms with Crippen LogP contribution in [0.1, 0.15) is 47.8 Å². The molecule has 0 aliphatic heterocycles. The van der Waals surface area contributed by atoms with Crippen LogP contribution in [0.5, 0.6) is 0 Å². The van der Waals surface area contributed by atoms with Crippen molar-refractivity contribution in [2.45, 2.75) is 42.9 Å². The number of rotatable bonds is 5. The molecular weight excluding hydrogens is 284 g/mol. The van der Waals surface area contributed by atoms with E-state index in [0.717, 1.165) is 23.4 Å². The highest BCUT2D eigenvalue weighted by Gasteiger charge is 2.43. The molecule has 0 radical (unpaired) electrons. The van der Waals surface area contributed by atoms with Crippen molar-refractivity contribution in [1.29, 1.82) is 0 Å². The molecule has 1 heterocycles. The zero-order chi connectivity index (χ0) is 14.6. The zero-order valence-electron chi connectivity index (χ0n) is 12.0. The maximum absolute atomic E-state index is 11.1. The van der Waals surface area contributed by atoms with Gasteiger partial charge in [0, 0.05) is 17.2 Å². The molecule has 21 heavy (non-hydrogen) atoms. The van der Waals surface area contributed by atoms with Gasteiger partial charge >= 0.3 is 5.97 Å². The molecule has 2 aliphatic carbocycles. The van der Waals surface area contributed by atoms with Gasteiger partial charge in [0.25, 0.3) is 0 Å². The topological polar surface area (TPSA) is 55.1 Å². The van der Waals surface area contributed by atoms with Crippen molar-refractivity contribution >= 4 is 28.8 Å². The first kappa shape index (κ1) is 13.2. The van der Waals surface area contributed by atoms with E-state index in [4.69, 9.17) is 10.1 Å². The van der Waals surface area contributed by atoms with Gasteiger partial charge in [0.05, 0.1) is 16.6 Å². The van der Waals surface area contributed by atoms with E-state index >= 15 is 0 Å². The third kappa shape index (κ3) is 2.24. The van der Waals surface area contributed by atoms with Gasteiger partial charge in [-0.25, -0.2) is 9.78 Å². The molecule has 4 rings (SSSR count). The van der Waals surface area contributed by atoms with Gasteiger partial charge in [-0.1, -0.05) is 0 Å². The SMILES string of the molecule is CSC1(Cn2c(C3CC3)nc3cc(C(=O)O)ccc32)CC1. The van der Waals surface area contributed by atoms with Crippen molar-refractivity contribution in [3.05, 3.63) is 29.6 Å². The van der Waals surface area contributed by atoms with Gasteiger partial charge in [-0.15, -0.1) is 0 Å². The van der Waals surface area contributed by atoms with Crippen LogP contribution in [0, 0.1) is 0 Å². The predicted molar refractivity (Wildman–Crippen MR) is 84.1 cm³/mol. The molecule has 0 amide bonds. The van der Waals surface area contributed by atoms with E-state index in [1.54, 1.807) is 12.1 Å². The summed E-state index contributed by atoms with van der Waals surface area (Å²) in [5, 5.41) is 9.14. The fraction of sp³-hybridized carbons (Fsp3) is 0.500. The molecule has 2 saturated carbocycles. The van der Waals surface area contributed by atoms with Gasteiger partial charge in [-0.3, -0.25) is 0 Å². The normalized spacial score (nSPS) is 19.9. The first-order valence-corrected chi connectivity index (χ1v) is 8.63. The Morgan fingerprint density at radius 3 is 2.81 bits per heavy atom. The number of carboxylic acid groups (broad SMARTS) is 1. The fourth-order valence-corrected chi connectivity index (χ4v) is 3.72. The smallest absolute Gasteiger partial charge is 0.335 e. The minimum atomic E-state index is -0.887. The minimum absolute atomic E-state index is 0.320. The number of hydrogen-bond acceptors (Lipinski definition) is 3. The summed E-state index contributed by atoms with van der Waals surface area (Å²) in [4.78, 5) is 15.9. The summed E-state index contributed by atoms with van der Waals surface area (Å²) in [6, 6.07) is 5.32. The van der Waals surface area contributed by atoms with Crippen LogP contribution in [0.4, 0.5) is 0 Å². The van der Waals surface area contributed by atoms with E-state index in [1.165, 1.54) is 25.7 Å². The molecule has 0 spiro atoms. The van der Waals surface area contributed by atoms with Crippen molar-refractivity contribution in [3.8, 4) is 0 Å². The molecular formula is C16H18N2O2S. The lowest BCUT2D eigenvalue weighted by atomic mass is 10.2. The highest BCUT2D eigenvalue weighted by molar-refractivity contribution is 8.00. The molecule has 2 fully saturated rings. The van der Waals surface area contributed by atoms with Gasteiger partial charge in [0.1, 0.15) is 5.82 Å². The van der Waals surface area contributed by atoms with Crippen LogP contribution in [0.15, 0.2) is 18.2 Å². The third-order valence-electron chi connectivity index (χ3n) is 4.65. The van der Waals surface area contributed by atoms with E-state index in [-0.39, 0.29) is 0 Å². The standard InChI is InChI=1S/C16H18N2O2S/c1-21-16(6-7-16)9-18-13-5-4-11(15(19)20)8-12(13)17-14(18)10-2-3-10/h4-5,8,10H,2-3,6-7,9H2,1H3,(H,19,20). The highest BCUT2D eigenvalue weighted by Crippen LogP contribution is 2.50. The Hall–Kier alpha value is -1.49. The van der Waals surface area contributed by atoms with E-state index in [9.17, 15) is 4.79 Å². The van der Waals surface area contributed by atoms with Crippen LogP contribution in [0.2, 0.25) is 0 Å². The summed E-state index contributed by atoms with van der Waals surface area (Å²) in [5.74, 6) is 0.846. The Kier molecular flexibility index (Phi) is 2.83. The van der Waals surface area contributed by atoms with Crippen LogP contribution >= 0.6 is 11.8 Å². The lowest BCUT2D eigenvalue weighted by Crippen LogP contribution is -2.15. The van der Waals surface area contributed by atoms with E-state index in [2.05, 4.69) is 10.8 Å². The Morgan fingerprint density at radius 2 is 2.24 bits per heavy atom. The number of carbonyl (C=O) groups is 1. The van der Waals surface area contributed by atoms with Crippen LogP contribution in [-0.2, 0) is 6.54 Å². The number of aromatic nitrogens is 2. The molecule has 110 valence electrons. The molecule has 2 aliphatic rings. The van der Waals surface area contributed by atoms with Gasteiger partial charge in [-0.05, 0) is 50.1 Å². The van der Waals surface area contributed by atoms with Crippen LogP contribution < -0.4 is 0 Å². The minimum Gasteiger partial charge on any atom is -0.478 e. The summed E-state index contributed by atoms with van der Waals surface area (Å²) < 4.78 is 2.73. The van der Waals surface area contributed by atoms with E-state index < -0.39 is 5.97 Å². The molecule has 2 aromatic rings. The highest BCUT2D eigenvalue weighted by atomic mass is 32.2. The first-order valence-electron chi connectivity index (χ1n) is 7.40. The number of benzene rings is 1. The van der Waals surface area contributed by atoms with Crippen molar-refractivity contribution in [2.24, 2.45) is 0 Å². The summed E-state index contributed by atoms with van der Waals surface area (Å²) in [6.45, 7) is 1.00. The van der Waals surface area contributed by atoms with Crippen molar-refractivity contribution < 1.29 is 9.90 Å². The largest absolute Gasteiger partial charge is 0.478 e. The Morgan fingerprint density at radius 1 is 1.48 bits per heavy atom. The number of imidazole rings is 1. The van der Waals surface area contributed by atoms with Gasteiger partial charge in [0.2, 0.25) is 0 Å². The van der Waals surface area contributed by atoms with Crippen molar-refractivity contribution in [1.82, 2.24) is 9.55 Å². The Labute approximate surface area is 127 Å². The number of carboxylic acids is 1. The molecule has 0 bridgehead atoms. The quantitative estimate of drug-likeness (QED) is 0.918. The van der Waals surface area contributed by atoms with Gasteiger partial charge in [-0.2, -0.15) is 11.8 Å². The van der Waals surface area contributed by atoms with Gasteiger partial charge in [0.15, 0.2) is 0 Å². The molecule has 1 N–H and O–H groups in total. The maximum Gasteiger partial charge on any atom is 0.335 e. The zero-order valence-corrected chi connectivity index (χ0v) is 12.8. The lowest BCUT2D eigenvalue weighted by Gasteiger charge is -2.16. The first-order chi connectivity index (χ1) is 10.1. The second-order valence-corrected chi connectivity index (χ2v) is 7.50. The molecule has 4 nitrogen and oxygen atoms in total. The van der Waals surface area contributed by atoms with Crippen molar-refractivity contribution in [3.63, 3.8) is 0 Å². The number of fused-ring (bicyclic) bond motifs is 1. The van der Waals surface area contributed by atoms with E-state index in [0.29, 0.717) is 16.2 Å². The second kappa shape index (κ2) is 4.50. The average Bonchev–Trinajstić information content (AvgIpc) is 3.38. The maximum atomic E-state index is 11.1. The molecule has 0 saturated heterocycles. The van der Waals surface area contributed by atoms with Crippen LogP contribution in [-0.4, -0.2) is 31.6 Å². The summed E-state index contributed by atoms with van der Waals surface area (Å²) >= 11 is 1.95. The molecule has 0 unspecified atom stereocenters. The fourth-order valence-electron chi connectivity index (χ4n) is 2.96. The predicted octanol–water partition coefficient (Wildman–Crippen LogP) is 3.51. The number of hydrogen-bond donors (Lipinski definition) is 1. The number of thioether (sulfide) groups is 1. The third-order valence-corrected chi connectivity index (χ3v) is 6.06. The number of nitrogens with zero attached hydrogens (tertiary/aromatic N) is 2. The van der Waals surface area contributed by atoms with Crippen molar-refractivity contribution in [2.75, 3.05) is 6.26 Å². The monoisotopic (exact) mass is 302 g/mol. The summed E-state index contributed by atoms with van der Waals surface area (Å²) in [6.07, 6.45) is 7.14. The lowest BCUT2D eigenvalue weighted by molar-refractivity contribution is 0.0697. The average molecular weight is 302 g/mol. The summed E-state index contributed by atoms with van der Waals surface area (Å²) in [5.41, 5.74) is 2.23. The Balaban J connectivity index is 1.82. The van der Waals surface area contributed by atoms with Crippen LogP contribution in [0.3, 0.4) is 0 Å². The number of aromatic carboxylic acids is 1. The van der Waals surface area contributed by atoms with Crippen LogP contribution in [0.25, 0.3) is 11.0 Å². The van der Waals surface area contributed by atoms with Gasteiger partial charge < -0.3 is 9.67 Å². The van der Waals surface area contributed by atoms with E-state index in [1.807, 2.05) is 17.8 Å². The molecule has 1 aromatic carbocycles.